The highest BCUT2D eigenvalue weighted by molar-refractivity contribution is 5.89. The fourth-order valence-electron chi connectivity index (χ4n) is 4.33. The summed E-state index contributed by atoms with van der Waals surface area (Å²) in [6, 6.07) is 7.68. The number of likely N-dealkylation sites (tertiary alicyclic amines) is 1. The van der Waals surface area contributed by atoms with E-state index in [-0.39, 0.29) is 46.7 Å². The van der Waals surface area contributed by atoms with Gasteiger partial charge in [0.1, 0.15) is 18.0 Å². The van der Waals surface area contributed by atoms with Gasteiger partial charge in [0, 0.05) is 0 Å². The summed E-state index contributed by atoms with van der Waals surface area (Å²) in [4.78, 5) is 26.1. The number of hydrogen-bond acceptors (Lipinski definition) is 6. The molecule has 1 fully saturated rings. The number of aromatic hydroxyl groups is 1. The predicted molar refractivity (Wildman–Crippen MR) is 124 cm³/mol. The minimum atomic E-state index is -5.04. The van der Waals surface area contributed by atoms with Gasteiger partial charge < -0.3 is 23.9 Å². The smallest absolute Gasteiger partial charge is 0.453 e. The highest BCUT2D eigenvalue weighted by Gasteiger charge is 2.41. The Bertz CT molecular complexity index is 1310. The fourth-order valence-corrected chi connectivity index (χ4v) is 4.33. The Labute approximate surface area is 205 Å². The standard InChI is InChI=1S/C26H26F3NO6/c1-3-34-25(33)16-4-6-17(7-5-16)35-23-21(32)18-8-9-20(31)19(14-30-12-10-15(2)11-13-30)22(18)36-24(23)26(27,28)29/h4-9,15,31H,3,10-14H2,1-2H3/p+1. The number of phenols is 1. The van der Waals surface area contributed by atoms with Crippen LogP contribution in [0.1, 0.15) is 48.4 Å². The first-order valence-electron chi connectivity index (χ1n) is 11.8. The SMILES string of the molecule is CCOC(=O)c1ccc(Oc2c(C(F)(F)F)oc3c(C[NH+]4CCC(C)CC4)c(O)ccc3c2=O)cc1. The Morgan fingerprint density at radius 2 is 1.81 bits per heavy atom. The number of ether oxygens (including phenoxy) is 2. The summed E-state index contributed by atoms with van der Waals surface area (Å²) < 4.78 is 57.5. The van der Waals surface area contributed by atoms with Crippen molar-refractivity contribution in [1.29, 1.82) is 0 Å². The molecular weight excluding hydrogens is 479 g/mol. The summed E-state index contributed by atoms with van der Waals surface area (Å²) in [5.41, 5.74) is -0.976. The van der Waals surface area contributed by atoms with Crippen molar-refractivity contribution in [3.63, 3.8) is 0 Å². The lowest BCUT2D eigenvalue weighted by Gasteiger charge is -2.27. The van der Waals surface area contributed by atoms with Crippen LogP contribution in [0.15, 0.2) is 45.6 Å². The van der Waals surface area contributed by atoms with Crippen LogP contribution in [0.5, 0.6) is 17.2 Å². The number of hydrogen-bond donors (Lipinski definition) is 2. The van der Waals surface area contributed by atoms with Gasteiger partial charge in [-0.1, -0.05) is 6.92 Å². The summed E-state index contributed by atoms with van der Waals surface area (Å²) in [7, 11) is 0. The van der Waals surface area contributed by atoms with Crippen LogP contribution in [-0.2, 0) is 17.5 Å². The molecule has 4 rings (SSSR count). The number of phenolic OH excluding ortho intramolecular Hbond substituents is 1. The molecule has 36 heavy (non-hydrogen) atoms. The van der Waals surface area contributed by atoms with Gasteiger partial charge in [-0.3, -0.25) is 4.79 Å². The number of quaternary nitrogens is 1. The molecule has 0 amide bonds. The van der Waals surface area contributed by atoms with E-state index in [4.69, 9.17) is 13.9 Å². The lowest BCUT2D eigenvalue weighted by molar-refractivity contribution is -0.919. The van der Waals surface area contributed by atoms with Gasteiger partial charge in [0.15, 0.2) is 5.58 Å². The first-order valence-corrected chi connectivity index (χ1v) is 11.8. The number of rotatable bonds is 6. The molecule has 0 spiro atoms. The van der Waals surface area contributed by atoms with E-state index in [1.807, 2.05) is 0 Å². The average Bonchev–Trinajstić information content (AvgIpc) is 2.83. The van der Waals surface area contributed by atoms with Crippen LogP contribution in [-0.4, -0.2) is 30.8 Å². The molecule has 0 bridgehead atoms. The van der Waals surface area contributed by atoms with Gasteiger partial charge in [0.25, 0.3) is 5.76 Å². The Morgan fingerprint density at radius 3 is 2.42 bits per heavy atom. The number of carbonyl (C=O) groups is 1. The van der Waals surface area contributed by atoms with Crippen LogP contribution in [0.3, 0.4) is 0 Å². The topological polar surface area (TPSA) is 90.4 Å². The summed E-state index contributed by atoms with van der Waals surface area (Å²) >= 11 is 0. The van der Waals surface area contributed by atoms with Crippen LogP contribution in [0.25, 0.3) is 11.0 Å². The molecule has 1 aliphatic rings. The van der Waals surface area contributed by atoms with Crippen LogP contribution in [0, 0.1) is 5.92 Å². The van der Waals surface area contributed by atoms with Gasteiger partial charge in [-0.15, -0.1) is 0 Å². The third-order valence-electron chi connectivity index (χ3n) is 6.35. The Morgan fingerprint density at radius 1 is 1.14 bits per heavy atom. The summed E-state index contributed by atoms with van der Waals surface area (Å²) in [5, 5.41) is 10.3. The Kier molecular flexibility index (Phi) is 7.26. The normalized spacial score (nSPS) is 18.2. The lowest BCUT2D eigenvalue weighted by atomic mass is 9.98. The maximum atomic E-state index is 14.0. The molecule has 2 N–H and O–H groups in total. The molecule has 0 atom stereocenters. The van der Waals surface area contributed by atoms with Crippen molar-refractivity contribution in [3.8, 4) is 17.2 Å². The molecule has 2 aromatic carbocycles. The van der Waals surface area contributed by atoms with Crippen LogP contribution in [0.4, 0.5) is 13.2 Å². The van der Waals surface area contributed by atoms with E-state index in [1.165, 1.54) is 36.4 Å². The van der Waals surface area contributed by atoms with Crippen LogP contribution in [0.2, 0.25) is 0 Å². The molecule has 0 radical (unpaired) electrons. The third-order valence-corrected chi connectivity index (χ3v) is 6.35. The van der Waals surface area contributed by atoms with Crippen molar-refractivity contribution in [2.45, 2.75) is 39.4 Å². The second kappa shape index (κ2) is 10.2. The van der Waals surface area contributed by atoms with Crippen molar-refractivity contribution in [3.05, 3.63) is 63.5 Å². The predicted octanol–water partition coefficient (Wildman–Crippen LogP) is 4.30. The quantitative estimate of drug-likeness (QED) is 0.485. The average molecular weight is 506 g/mol. The van der Waals surface area contributed by atoms with Gasteiger partial charge in [-0.25, -0.2) is 4.79 Å². The lowest BCUT2D eigenvalue weighted by Crippen LogP contribution is -3.11. The van der Waals surface area contributed by atoms with E-state index in [1.54, 1.807) is 6.92 Å². The van der Waals surface area contributed by atoms with Crippen molar-refractivity contribution < 1.29 is 41.9 Å². The summed E-state index contributed by atoms with van der Waals surface area (Å²) in [6.45, 7) is 5.79. The number of fused-ring (bicyclic) bond motifs is 1. The molecular formula is C26H27F3NO6+. The molecule has 7 nitrogen and oxygen atoms in total. The molecule has 1 aliphatic heterocycles. The van der Waals surface area contributed by atoms with Crippen molar-refractivity contribution in [1.82, 2.24) is 0 Å². The van der Waals surface area contributed by atoms with E-state index < -0.39 is 29.1 Å². The van der Waals surface area contributed by atoms with Crippen molar-refractivity contribution in [2.24, 2.45) is 5.92 Å². The van der Waals surface area contributed by atoms with Crippen LogP contribution < -0.4 is 15.1 Å². The third kappa shape index (κ3) is 5.33. The minimum Gasteiger partial charge on any atom is -0.507 e. The number of carbonyl (C=O) groups excluding carboxylic acids is 1. The zero-order valence-electron chi connectivity index (χ0n) is 19.9. The molecule has 0 aliphatic carbocycles. The highest BCUT2D eigenvalue weighted by Crippen LogP contribution is 2.39. The molecule has 3 aromatic rings. The zero-order chi connectivity index (χ0) is 26.0. The first kappa shape index (κ1) is 25.6. The molecule has 1 saturated heterocycles. The van der Waals surface area contributed by atoms with E-state index in [2.05, 4.69) is 6.92 Å². The van der Waals surface area contributed by atoms with Gasteiger partial charge >= 0.3 is 12.1 Å². The number of alkyl halides is 3. The minimum absolute atomic E-state index is 0.0916. The molecule has 10 heteroatoms. The number of benzene rings is 2. The molecule has 0 unspecified atom stereocenters. The highest BCUT2D eigenvalue weighted by atomic mass is 19.4. The molecule has 0 saturated carbocycles. The van der Waals surface area contributed by atoms with Crippen LogP contribution >= 0.6 is 0 Å². The number of halogens is 3. The zero-order valence-corrected chi connectivity index (χ0v) is 19.9. The second-order valence-corrected chi connectivity index (χ2v) is 8.98. The van der Waals surface area contributed by atoms with Gasteiger partial charge in [-0.2, -0.15) is 13.2 Å². The van der Waals surface area contributed by atoms with Crippen molar-refractivity contribution >= 4 is 16.9 Å². The van der Waals surface area contributed by atoms with Gasteiger partial charge in [-0.05, 0) is 62.1 Å². The molecule has 2 heterocycles. The monoisotopic (exact) mass is 506 g/mol. The Balaban J connectivity index is 1.76. The number of nitrogens with one attached hydrogen (secondary N) is 1. The number of esters is 1. The van der Waals surface area contributed by atoms with E-state index >= 15 is 0 Å². The Hall–Kier alpha value is -3.53. The van der Waals surface area contributed by atoms with Gasteiger partial charge in [0.2, 0.25) is 11.2 Å². The van der Waals surface area contributed by atoms with Gasteiger partial charge in [0.05, 0.1) is 36.2 Å². The summed E-state index contributed by atoms with van der Waals surface area (Å²) in [6.07, 6.45) is -3.11. The van der Waals surface area contributed by atoms with E-state index in [9.17, 15) is 27.9 Å². The second-order valence-electron chi connectivity index (χ2n) is 8.98. The molecule has 192 valence electrons. The fraction of sp³-hybridized carbons (Fsp3) is 0.385. The first-order chi connectivity index (χ1) is 17.1. The van der Waals surface area contributed by atoms with Crippen molar-refractivity contribution in [2.75, 3.05) is 19.7 Å². The summed E-state index contributed by atoms with van der Waals surface area (Å²) in [5.74, 6) is -2.96. The molecule has 1 aromatic heterocycles. The maximum Gasteiger partial charge on any atom is 0.453 e. The maximum absolute atomic E-state index is 14.0. The number of piperidine rings is 1. The largest absolute Gasteiger partial charge is 0.507 e. The van der Waals surface area contributed by atoms with E-state index in [0.29, 0.717) is 5.92 Å². The van der Waals surface area contributed by atoms with E-state index in [0.717, 1.165) is 30.8 Å².